The van der Waals surface area contributed by atoms with Gasteiger partial charge in [-0.3, -0.25) is 0 Å². The van der Waals surface area contributed by atoms with Crippen LogP contribution in [0.2, 0.25) is 0 Å². The number of likely N-dealkylation sites (tertiary alicyclic amines) is 1. The molecule has 1 unspecified atom stereocenters. The van der Waals surface area contributed by atoms with E-state index in [9.17, 15) is 14.7 Å². The first-order chi connectivity index (χ1) is 11.0. The molecule has 0 bridgehead atoms. The van der Waals surface area contributed by atoms with E-state index in [4.69, 9.17) is 9.47 Å². The fourth-order valence-corrected chi connectivity index (χ4v) is 2.59. The van der Waals surface area contributed by atoms with E-state index in [0.29, 0.717) is 25.9 Å². The average Bonchev–Trinajstić information content (AvgIpc) is 2.49. The fraction of sp³-hybridized carbons (Fsp3) is 0.765. The summed E-state index contributed by atoms with van der Waals surface area (Å²) in [5.74, 6) is -0.0177. The number of hydrogen-bond acceptors (Lipinski definition) is 5. The molecule has 0 aromatic heterocycles. The topological polar surface area (TPSA) is 88.1 Å². The Bertz CT molecular complexity index is 448. The minimum absolute atomic E-state index is 0.0177. The molecule has 138 valence electrons. The molecule has 1 rings (SSSR count). The maximum Gasteiger partial charge on any atom is 0.410 e. The van der Waals surface area contributed by atoms with Crippen molar-refractivity contribution >= 4 is 12.2 Å². The molecule has 7 heteroatoms. The number of hydrogen-bond donors (Lipinski definition) is 2. The highest BCUT2D eigenvalue weighted by Crippen LogP contribution is 2.28. The van der Waals surface area contributed by atoms with Gasteiger partial charge in [0.1, 0.15) is 12.2 Å². The number of carbonyl (C=O) groups is 2. The van der Waals surface area contributed by atoms with Crippen molar-refractivity contribution in [3.63, 3.8) is 0 Å². The Hall–Kier alpha value is -1.76. The molecule has 2 N–H and O–H groups in total. The van der Waals surface area contributed by atoms with E-state index in [1.807, 2.05) is 20.8 Å². The van der Waals surface area contributed by atoms with Gasteiger partial charge in [-0.05, 0) is 46.5 Å². The van der Waals surface area contributed by atoms with Crippen LogP contribution >= 0.6 is 0 Å². The van der Waals surface area contributed by atoms with Crippen LogP contribution < -0.4 is 5.32 Å². The zero-order valence-corrected chi connectivity index (χ0v) is 15.1. The summed E-state index contributed by atoms with van der Waals surface area (Å²) < 4.78 is 10.2. The molecule has 1 aliphatic heterocycles. The number of alkyl carbamates (subject to hydrolysis) is 1. The lowest BCUT2D eigenvalue weighted by molar-refractivity contribution is -0.0327. The molecular weight excluding hydrogens is 312 g/mol. The number of nitrogens with one attached hydrogen (secondary N) is 1. The van der Waals surface area contributed by atoms with Gasteiger partial charge in [0.15, 0.2) is 0 Å². The van der Waals surface area contributed by atoms with Crippen LogP contribution in [0.25, 0.3) is 0 Å². The van der Waals surface area contributed by atoms with Crippen LogP contribution in [0.15, 0.2) is 12.7 Å². The second-order valence-electron chi connectivity index (χ2n) is 7.34. The van der Waals surface area contributed by atoms with Gasteiger partial charge in [-0.2, -0.15) is 0 Å². The van der Waals surface area contributed by atoms with Gasteiger partial charge in [0, 0.05) is 19.6 Å². The summed E-state index contributed by atoms with van der Waals surface area (Å²) in [4.78, 5) is 25.1. The van der Waals surface area contributed by atoms with E-state index >= 15 is 0 Å². The van der Waals surface area contributed by atoms with E-state index in [2.05, 4.69) is 11.9 Å². The standard InChI is InChI=1S/C17H30N2O5/c1-6-11-23-14(20)18-12-17(5,22)13-7-9-19(10-8-13)15(21)24-16(2,3)4/h6,13,22H,1,7-12H2,2-5H3,(H,18,20). The Morgan fingerprint density at radius 1 is 1.29 bits per heavy atom. The summed E-state index contributed by atoms with van der Waals surface area (Å²) in [6.45, 7) is 11.9. The van der Waals surface area contributed by atoms with Crippen molar-refractivity contribution in [2.45, 2.75) is 51.7 Å². The normalized spacial score (nSPS) is 18.5. The lowest BCUT2D eigenvalue weighted by Gasteiger charge is -2.39. The Balaban J connectivity index is 2.43. The van der Waals surface area contributed by atoms with Gasteiger partial charge < -0.3 is 24.8 Å². The summed E-state index contributed by atoms with van der Waals surface area (Å²) >= 11 is 0. The maximum absolute atomic E-state index is 12.0. The quantitative estimate of drug-likeness (QED) is 0.749. The third-order valence-corrected chi connectivity index (χ3v) is 3.95. The van der Waals surface area contributed by atoms with Crippen molar-refractivity contribution in [3.8, 4) is 0 Å². The van der Waals surface area contributed by atoms with Gasteiger partial charge >= 0.3 is 12.2 Å². The minimum atomic E-state index is -1.06. The van der Waals surface area contributed by atoms with Gasteiger partial charge in [0.25, 0.3) is 0 Å². The molecule has 0 aromatic rings. The molecule has 1 saturated heterocycles. The van der Waals surface area contributed by atoms with Crippen molar-refractivity contribution in [1.29, 1.82) is 0 Å². The van der Waals surface area contributed by atoms with E-state index in [0.717, 1.165) is 0 Å². The molecule has 1 atom stereocenters. The second kappa shape index (κ2) is 8.37. The molecule has 1 heterocycles. The first-order valence-electron chi connectivity index (χ1n) is 8.27. The lowest BCUT2D eigenvalue weighted by Crippen LogP contribution is -2.51. The first kappa shape index (κ1) is 20.3. The molecular formula is C17H30N2O5. The predicted molar refractivity (Wildman–Crippen MR) is 90.7 cm³/mol. The Kier molecular flexibility index (Phi) is 7.08. The van der Waals surface area contributed by atoms with Crippen LogP contribution in [-0.2, 0) is 9.47 Å². The van der Waals surface area contributed by atoms with Crippen LogP contribution in [0.1, 0.15) is 40.5 Å². The second-order valence-corrected chi connectivity index (χ2v) is 7.34. The van der Waals surface area contributed by atoms with Gasteiger partial charge in [-0.25, -0.2) is 9.59 Å². The van der Waals surface area contributed by atoms with E-state index in [1.54, 1.807) is 11.8 Å². The van der Waals surface area contributed by atoms with Crippen LogP contribution in [-0.4, -0.2) is 59.6 Å². The van der Waals surface area contributed by atoms with Gasteiger partial charge in [-0.15, -0.1) is 0 Å². The summed E-state index contributed by atoms with van der Waals surface area (Å²) in [6, 6.07) is 0. The monoisotopic (exact) mass is 342 g/mol. The number of piperidine rings is 1. The van der Waals surface area contributed by atoms with Crippen LogP contribution in [0.5, 0.6) is 0 Å². The molecule has 0 radical (unpaired) electrons. The minimum Gasteiger partial charge on any atom is -0.445 e. The highest BCUT2D eigenvalue weighted by atomic mass is 16.6. The highest BCUT2D eigenvalue weighted by molar-refractivity contribution is 5.68. The van der Waals surface area contributed by atoms with Crippen molar-refractivity contribution in [2.75, 3.05) is 26.2 Å². The highest BCUT2D eigenvalue weighted by Gasteiger charge is 2.36. The summed E-state index contributed by atoms with van der Waals surface area (Å²) in [7, 11) is 0. The van der Waals surface area contributed by atoms with E-state index in [1.165, 1.54) is 6.08 Å². The van der Waals surface area contributed by atoms with Crippen molar-refractivity contribution < 1.29 is 24.2 Å². The maximum atomic E-state index is 12.0. The predicted octanol–water partition coefficient (Wildman–Crippen LogP) is 2.30. The zero-order valence-electron chi connectivity index (χ0n) is 15.1. The Labute approximate surface area is 144 Å². The van der Waals surface area contributed by atoms with Crippen LogP contribution in [0.4, 0.5) is 9.59 Å². The van der Waals surface area contributed by atoms with E-state index in [-0.39, 0.29) is 25.2 Å². The number of nitrogens with zero attached hydrogens (tertiary/aromatic N) is 1. The van der Waals surface area contributed by atoms with Crippen molar-refractivity contribution in [3.05, 3.63) is 12.7 Å². The smallest absolute Gasteiger partial charge is 0.410 e. The summed E-state index contributed by atoms with van der Waals surface area (Å²) in [6.07, 6.45) is 1.86. The zero-order chi connectivity index (χ0) is 18.4. The van der Waals surface area contributed by atoms with Gasteiger partial charge in [0.05, 0.1) is 5.60 Å². The molecule has 0 aliphatic carbocycles. The fourth-order valence-electron chi connectivity index (χ4n) is 2.59. The molecule has 1 aliphatic rings. The Morgan fingerprint density at radius 2 is 1.88 bits per heavy atom. The van der Waals surface area contributed by atoms with Gasteiger partial charge in [0.2, 0.25) is 0 Å². The average molecular weight is 342 g/mol. The third kappa shape index (κ3) is 6.78. The molecule has 0 spiro atoms. The molecule has 2 amide bonds. The lowest BCUT2D eigenvalue weighted by atomic mass is 9.81. The number of aliphatic hydroxyl groups is 1. The number of carbonyl (C=O) groups excluding carboxylic acids is 2. The van der Waals surface area contributed by atoms with E-state index < -0.39 is 17.3 Å². The third-order valence-electron chi connectivity index (χ3n) is 3.95. The SMILES string of the molecule is C=CCOC(=O)NCC(C)(O)C1CCN(C(=O)OC(C)(C)C)CC1. The van der Waals surface area contributed by atoms with Crippen molar-refractivity contribution in [2.24, 2.45) is 5.92 Å². The largest absolute Gasteiger partial charge is 0.445 e. The molecule has 7 nitrogen and oxygen atoms in total. The number of rotatable bonds is 5. The molecule has 1 fully saturated rings. The van der Waals surface area contributed by atoms with Crippen molar-refractivity contribution in [1.82, 2.24) is 10.2 Å². The van der Waals surface area contributed by atoms with Gasteiger partial charge in [-0.1, -0.05) is 12.7 Å². The molecule has 24 heavy (non-hydrogen) atoms. The summed E-state index contributed by atoms with van der Waals surface area (Å²) in [5, 5.41) is 13.2. The number of amides is 2. The van der Waals surface area contributed by atoms with Crippen LogP contribution in [0.3, 0.4) is 0 Å². The number of ether oxygens (including phenoxy) is 2. The molecule has 0 aromatic carbocycles. The first-order valence-corrected chi connectivity index (χ1v) is 8.27. The van der Waals surface area contributed by atoms with Crippen LogP contribution in [0, 0.1) is 5.92 Å². The molecule has 0 saturated carbocycles. The summed E-state index contributed by atoms with van der Waals surface area (Å²) in [5.41, 5.74) is -1.58. The Morgan fingerprint density at radius 3 is 2.38 bits per heavy atom.